The second-order valence-electron chi connectivity index (χ2n) is 5.25. The molecule has 1 unspecified atom stereocenters. The van der Waals surface area contributed by atoms with E-state index in [-0.39, 0.29) is 6.10 Å². The number of nitrogens with one attached hydrogen (secondary N) is 1. The maximum absolute atomic E-state index is 9.37. The molecular formula is C13H28N2O. The summed E-state index contributed by atoms with van der Waals surface area (Å²) in [6.07, 6.45) is 6.13. The van der Waals surface area contributed by atoms with Gasteiger partial charge in [0.15, 0.2) is 0 Å². The summed E-state index contributed by atoms with van der Waals surface area (Å²) in [4.78, 5) is 2.32. The predicted molar refractivity (Wildman–Crippen MR) is 68.6 cm³/mol. The molecule has 0 aliphatic heterocycles. The molecular weight excluding hydrogens is 200 g/mol. The van der Waals surface area contributed by atoms with Crippen LogP contribution in [0, 0.1) is 0 Å². The maximum Gasteiger partial charge on any atom is 0.0639 e. The molecule has 0 spiro atoms. The van der Waals surface area contributed by atoms with E-state index in [4.69, 9.17) is 0 Å². The zero-order chi connectivity index (χ0) is 12.0. The predicted octanol–water partition coefficient (Wildman–Crippen LogP) is 1.61. The Bertz CT molecular complexity index is 177. The van der Waals surface area contributed by atoms with Gasteiger partial charge in [-0.25, -0.2) is 0 Å². The second kappa shape index (κ2) is 7.25. The molecule has 3 nitrogen and oxygen atoms in total. The van der Waals surface area contributed by atoms with Crippen LogP contribution in [-0.4, -0.2) is 48.3 Å². The van der Waals surface area contributed by atoms with E-state index in [1.165, 1.54) is 32.1 Å². The van der Waals surface area contributed by atoms with Gasteiger partial charge in [-0.2, -0.15) is 0 Å². The van der Waals surface area contributed by atoms with Gasteiger partial charge in [-0.3, -0.25) is 0 Å². The molecule has 2 N–H and O–H groups in total. The zero-order valence-electron chi connectivity index (χ0n) is 11.1. The van der Waals surface area contributed by atoms with Crippen LogP contribution >= 0.6 is 0 Å². The van der Waals surface area contributed by atoms with Gasteiger partial charge in [-0.05, 0) is 52.6 Å². The van der Waals surface area contributed by atoms with Crippen molar-refractivity contribution in [2.75, 3.05) is 20.1 Å². The fourth-order valence-electron chi connectivity index (χ4n) is 2.64. The third-order valence-corrected chi connectivity index (χ3v) is 3.56. The van der Waals surface area contributed by atoms with Crippen LogP contribution < -0.4 is 5.32 Å². The minimum absolute atomic E-state index is 0.207. The molecule has 1 fully saturated rings. The Labute approximate surface area is 100 Å². The highest BCUT2D eigenvalue weighted by atomic mass is 16.3. The summed E-state index contributed by atoms with van der Waals surface area (Å²) in [7, 11) is 2.14. The van der Waals surface area contributed by atoms with Gasteiger partial charge in [-0.1, -0.05) is 6.92 Å². The van der Waals surface area contributed by atoms with Crippen LogP contribution in [0.1, 0.15) is 46.0 Å². The fraction of sp³-hybridized carbons (Fsp3) is 1.00. The lowest BCUT2D eigenvalue weighted by Crippen LogP contribution is -2.43. The second-order valence-corrected chi connectivity index (χ2v) is 5.25. The molecule has 0 aromatic rings. The van der Waals surface area contributed by atoms with Crippen LogP contribution in [0.15, 0.2) is 0 Å². The molecule has 1 saturated carbocycles. The highest BCUT2D eigenvalue weighted by Gasteiger charge is 2.23. The van der Waals surface area contributed by atoms with E-state index in [2.05, 4.69) is 24.2 Å². The third kappa shape index (κ3) is 4.81. The van der Waals surface area contributed by atoms with E-state index < -0.39 is 0 Å². The number of hydrogen-bond donors (Lipinski definition) is 2. The Kier molecular flexibility index (Phi) is 6.32. The molecule has 1 aliphatic rings. The number of nitrogens with zero attached hydrogens (tertiary/aromatic N) is 1. The van der Waals surface area contributed by atoms with Crippen LogP contribution in [-0.2, 0) is 0 Å². The summed E-state index contributed by atoms with van der Waals surface area (Å²) in [6, 6.07) is 1.41. The van der Waals surface area contributed by atoms with Gasteiger partial charge in [0, 0.05) is 18.6 Å². The summed E-state index contributed by atoms with van der Waals surface area (Å²) in [6.45, 7) is 6.04. The number of aliphatic hydroxyl groups excluding tert-OH is 1. The Morgan fingerprint density at radius 2 is 1.94 bits per heavy atom. The Balaban J connectivity index is 2.20. The number of aliphatic hydroxyl groups is 1. The molecule has 0 radical (unpaired) electrons. The summed E-state index contributed by atoms with van der Waals surface area (Å²) in [5, 5.41) is 13.0. The van der Waals surface area contributed by atoms with E-state index in [0.717, 1.165) is 19.1 Å². The van der Waals surface area contributed by atoms with Crippen molar-refractivity contribution in [3.05, 3.63) is 0 Å². The summed E-state index contributed by atoms with van der Waals surface area (Å²) >= 11 is 0. The largest absolute Gasteiger partial charge is 0.392 e. The van der Waals surface area contributed by atoms with Gasteiger partial charge in [0.2, 0.25) is 0 Å². The van der Waals surface area contributed by atoms with Gasteiger partial charge < -0.3 is 15.3 Å². The smallest absolute Gasteiger partial charge is 0.0639 e. The summed E-state index contributed by atoms with van der Waals surface area (Å²) in [5.74, 6) is 0. The highest BCUT2D eigenvalue weighted by Crippen LogP contribution is 2.22. The van der Waals surface area contributed by atoms with Gasteiger partial charge >= 0.3 is 0 Å². The van der Waals surface area contributed by atoms with Crippen molar-refractivity contribution in [2.24, 2.45) is 0 Å². The maximum atomic E-state index is 9.37. The molecule has 0 amide bonds. The normalized spacial score (nSPS) is 28.3. The molecule has 0 bridgehead atoms. The molecule has 0 aromatic heterocycles. The Hall–Kier alpha value is -0.120. The highest BCUT2D eigenvalue weighted by molar-refractivity contribution is 4.82. The molecule has 1 rings (SSSR count). The van der Waals surface area contributed by atoms with Gasteiger partial charge in [-0.15, -0.1) is 0 Å². The monoisotopic (exact) mass is 228 g/mol. The SMILES string of the molecule is CCCNC1CCC(N(C)CC(C)O)CC1. The minimum Gasteiger partial charge on any atom is -0.392 e. The van der Waals surface area contributed by atoms with Crippen molar-refractivity contribution < 1.29 is 5.11 Å². The lowest BCUT2D eigenvalue weighted by molar-refractivity contribution is 0.0977. The van der Waals surface area contributed by atoms with Crippen LogP contribution in [0.2, 0.25) is 0 Å². The Morgan fingerprint density at radius 1 is 1.31 bits per heavy atom. The van der Waals surface area contributed by atoms with E-state index in [1.807, 2.05) is 6.92 Å². The number of rotatable bonds is 6. The fourth-order valence-corrected chi connectivity index (χ4v) is 2.64. The van der Waals surface area contributed by atoms with E-state index in [9.17, 15) is 5.11 Å². The van der Waals surface area contributed by atoms with Crippen LogP contribution in [0.5, 0.6) is 0 Å². The molecule has 16 heavy (non-hydrogen) atoms. The van der Waals surface area contributed by atoms with Crippen molar-refractivity contribution in [2.45, 2.75) is 64.1 Å². The lowest BCUT2D eigenvalue weighted by Gasteiger charge is -2.35. The molecule has 1 aliphatic carbocycles. The molecule has 96 valence electrons. The first-order valence-corrected chi connectivity index (χ1v) is 6.75. The number of likely N-dealkylation sites (N-methyl/N-ethyl adjacent to an activating group) is 1. The average molecular weight is 228 g/mol. The molecule has 0 saturated heterocycles. The van der Waals surface area contributed by atoms with Crippen LogP contribution in [0.25, 0.3) is 0 Å². The minimum atomic E-state index is -0.207. The molecule has 1 atom stereocenters. The lowest BCUT2D eigenvalue weighted by atomic mass is 9.90. The van der Waals surface area contributed by atoms with E-state index >= 15 is 0 Å². The number of hydrogen-bond acceptors (Lipinski definition) is 3. The van der Waals surface area contributed by atoms with Gasteiger partial charge in [0.1, 0.15) is 0 Å². The standard InChI is InChI=1S/C13H28N2O/c1-4-9-14-12-5-7-13(8-6-12)15(3)10-11(2)16/h11-14,16H,4-10H2,1-3H3. The molecule has 0 heterocycles. The van der Waals surface area contributed by atoms with Crippen LogP contribution in [0.3, 0.4) is 0 Å². The average Bonchev–Trinajstić information content (AvgIpc) is 2.26. The molecule has 3 heteroatoms. The van der Waals surface area contributed by atoms with Crippen LogP contribution in [0.4, 0.5) is 0 Å². The van der Waals surface area contributed by atoms with Crippen molar-refractivity contribution in [3.8, 4) is 0 Å². The van der Waals surface area contributed by atoms with Crippen molar-refractivity contribution in [3.63, 3.8) is 0 Å². The third-order valence-electron chi connectivity index (χ3n) is 3.56. The Morgan fingerprint density at radius 3 is 2.44 bits per heavy atom. The summed E-state index contributed by atoms with van der Waals surface area (Å²) in [5.41, 5.74) is 0. The topological polar surface area (TPSA) is 35.5 Å². The van der Waals surface area contributed by atoms with Crippen molar-refractivity contribution >= 4 is 0 Å². The van der Waals surface area contributed by atoms with Gasteiger partial charge in [0.05, 0.1) is 6.10 Å². The first-order valence-electron chi connectivity index (χ1n) is 6.75. The van der Waals surface area contributed by atoms with E-state index in [1.54, 1.807) is 0 Å². The van der Waals surface area contributed by atoms with E-state index in [0.29, 0.717) is 6.04 Å². The first kappa shape index (κ1) is 13.9. The zero-order valence-corrected chi connectivity index (χ0v) is 11.1. The summed E-state index contributed by atoms with van der Waals surface area (Å²) < 4.78 is 0. The molecule has 0 aromatic carbocycles. The van der Waals surface area contributed by atoms with Gasteiger partial charge in [0.25, 0.3) is 0 Å². The van der Waals surface area contributed by atoms with Crippen molar-refractivity contribution in [1.29, 1.82) is 0 Å². The quantitative estimate of drug-likeness (QED) is 0.725. The van der Waals surface area contributed by atoms with Crippen molar-refractivity contribution in [1.82, 2.24) is 10.2 Å². The first-order chi connectivity index (χ1) is 7.63.